The average Bonchev–Trinajstić information content (AvgIpc) is 2.56. The predicted molar refractivity (Wildman–Crippen MR) is 104 cm³/mol. The molecule has 0 aromatic rings. The molecule has 1 heterocycles. The minimum atomic E-state index is 0.780. The van der Waals surface area contributed by atoms with Gasteiger partial charge in [0.25, 0.3) is 0 Å². The third kappa shape index (κ3) is 11.2. The molecule has 0 radical (unpaired) electrons. The third-order valence-electron chi connectivity index (χ3n) is 5.50. The van der Waals surface area contributed by atoms with E-state index in [0.717, 1.165) is 12.1 Å². The first-order chi connectivity index (χ1) is 11.3. The van der Waals surface area contributed by atoms with Gasteiger partial charge in [-0.15, -0.1) is 0 Å². The quantitative estimate of drug-likeness (QED) is 0.409. The first-order valence-electron chi connectivity index (χ1n) is 10.7. The first kappa shape index (κ1) is 21.0. The van der Waals surface area contributed by atoms with E-state index in [1.165, 1.54) is 103 Å². The summed E-state index contributed by atoms with van der Waals surface area (Å²) in [7, 11) is 2.26. The Morgan fingerprint density at radius 1 is 0.783 bits per heavy atom. The summed E-state index contributed by atoms with van der Waals surface area (Å²) in [4.78, 5) is 2.47. The second-order valence-corrected chi connectivity index (χ2v) is 7.85. The minimum Gasteiger partial charge on any atom is -0.311 e. The lowest BCUT2D eigenvalue weighted by atomic mass is 9.97. The fourth-order valence-corrected chi connectivity index (χ4v) is 3.81. The summed E-state index contributed by atoms with van der Waals surface area (Å²) in [5.41, 5.74) is 0. The van der Waals surface area contributed by atoms with Gasteiger partial charge in [0.1, 0.15) is 0 Å². The lowest BCUT2D eigenvalue weighted by Gasteiger charge is -2.33. The number of nitrogens with one attached hydrogen (secondary N) is 1. The molecule has 0 aromatic heterocycles. The van der Waals surface area contributed by atoms with Crippen LogP contribution in [0.1, 0.15) is 104 Å². The number of hydrogen-bond donors (Lipinski definition) is 1. The molecule has 1 N–H and O–H groups in total. The number of unbranched alkanes of at least 4 members (excludes halogenated alkanes) is 8. The van der Waals surface area contributed by atoms with Crippen molar-refractivity contribution in [3.63, 3.8) is 0 Å². The molecule has 0 unspecified atom stereocenters. The molecule has 1 saturated heterocycles. The van der Waals surface area contributed by atoms with Gasteiger partial charge in [-0.2, -0.15) is 0 Å². The van der Waals surface area contributed by atoms with E-state index in [4.69, 9.17) is 0 Å². The SMILES string of the molecule is CCCCCCCC(CCCCCCC)NC1CCN(C)CC1. The Morgan fingerprint density at radius 2 is 1.26 bits per heavy atom. The van der Waals surface area contributed by atoms with Crippen LogP contribution in [0.5, 0.6) is 0 Å². The van der Waals surface area contributed by atoms with Gasteiger partial charge in [-0.05, 0) is 45.8 Å². The average molecular weight is 325 g/mol. The summed E-state index contributed by atoms with van der Waals surface area (Å²) in [5.74, 6) is 0. The fraction of sp³-hybridized carbons (Fsp3) is 1.00. The summed E-state index contributed by atoms with van der Waals surface area (Å²) in [6.45, 7) is 7.16. The Morgan fingerprint density at radius 3 is 1.74 bits per heavy atom. The molecule has 1 rings (SSSR count). The first-order valence-corrected chi connectivity index (χ1v) is 10.7. The summed E-state index contributed by atoms with van der Waals surface area (Å²) >= 11 is 0. The molecule has 1 aliphatic heterocycles. The van der Waals surface area contributed by atoms with Crippen molar-refractivity contribution in [1.29, 1.82) is 0 Å². The molecule has 0 amide bonds. The maximum atomic E-state index is 4.03. The van der Waals surface area contributed by atoms with E-state index in [-0.39, 0.29) is 0 Å². The highest BCUT2D eigenvalue weighted by molar-refractivity contribution is 4.80. The maximum absolute atomic E-state index is 4.03. The van der Waals surface area contributed by atoms with E-state index in [1.807, 2.05) is 0 Å². The molecule has 1 aliphatic rings. The van der Waals surface area contributed by atoms with Gasteiger partial charge in [0, 0.05) is 12.1 Å². The van der Waals surface area contributed by atoms with E-state index < -0.39 is 0 Å². The molecule has 0 atom stereocenters. The zero-order valence-corrected chi connectivity index (χ0v) is 16.4. The van der Waals surface area contributed by atoms with Crippen molar-refractivity contribution in [2.45, 2.75) is 116 Å². The maximum Gasteiger partial charge on any atom is 0.00939 e. The van der Waals surface area contributed by atoms with Crippen molar-refractivity contribution in [1.82, 2.24) is 10.2 Å². The van der Waals surface area contributed by atoms with Crippen LogP contribution in [0.15, 0.2) is 0 Å². The number of hydrogen-bond acceptors (Lipinski definition) is 2. The Labute approximate surface area is 146 Å². The van der Waals surface area contributed by atoms with E-state index in [2.05, 4.69) is 31.1 Å². The number of rotatable bonds is 14. The van der Waals surface area contributed by atoms with E-state index in [9.17, 15) is 0 Å². The van der Waals surface area contributed by atoms with Gasteiger partial charge in [-0.25, -0.2) is 0 Å². The minimum absolute atomic E-state index is 0.780. The van der Waals surface area contributed by atoms with Gasteiger partial charge < -0.3 is 10.2 Å². The summed E-state index contributed by atoms with van der Waals surface area (Å²) in [6, 6.07) is 1.56. The number of piperidine rings is 1. The molecule has 1 fully saturated rings. The van der Waals surface area contributed by atoms with Crippen LogP contribution in [0.2, 0.25) is 0 Å². The molecule has 0 aliphatic carbocycles. The smallest absolute Gasteiger partial charge is 0.00939 e. The van der Waals surface area contributed by atoms with Crippen molar-refractivity contribution in [3.05, 3.63) is 0 Å². The molecular weight excluding hydrogens is 280 g/mol. The van der Waals surface area contributed by atoms with Crippen LogP contribution in [0.25, 0.3) is 0 Å². The highest BCUT2D eigenvalue weighted by atomic mass is 15.1. The molecule has 0 saturated carbocycles. The molecule has 0 bridgehead atoms. The normalized spacial score (nSPS) is 17.2. The summed E-state index contributed by atoms with van der Waals surface area (Å²) in [5, 5.41) is 4.03. The molecule has 2 heteroatoms. The highest BCUT2D eigenvalue weighted by Crippen LogP contribution is 2.17. The lowest BCUT2D eigenvalue weighted by molar-refractivity contribution is 0.218. The number of likely N-dealkylation sites (tertiary alicyclic amines) is 1. The highest BCUT2D eigenvalue weighted by Gasteiger charge is 2.19. The Hall–Kier alpha value is -0.0800. The second kappa shape index (κ2) is 14.3. The Kier molecular flexibility index (Phi) is 13.0. The molecule has 0 spiro atoms. The van der Waals surface area contributed by atoms with Crippen molar-refractivity contribution in [3.8, 4) is 0 Å². The van der Waals surface area contributed by atoms with Crippen LogP contribution in [-0.4, -0.2) is 37.1 Å². The van der Waals surface area contributed by atoms with Crippen LogP contribution < -0.4 is 5.32 Å². The lowest BCUT2D eigenvalue weighted by Crippen LogP contribution is -2.45. The number of nitrogens with zero attached hydrogens (tertiary/aromatic N) is 1. The van der Waals surface area contributed by atoms with Gasteiger partial charge in [0.2, 0.25) is 0 Å². The second-order valence-electron chi connectivity index (χ2n) is 7.85. The Balaban J connectivity index is 2.22. The molecule has 23 heavy (non-hydrogen) atoms. The van der Waals surface area contributed by atoms with Crippen molar-refractivity contribution >= 4 is 0 Å². The van der Waals surface area contributed by atoms with Crippen LogP contribution in [0.4, 0.5) is 0 Å². The fourth-order valence-electron chi connectivity index (χ4n) is 3.81. The van der Waals surface area contributed by atoms with E-state index in [1.54, 1.807) is 0 Å². The van der Waals surface area contributed by atoms with Crippen LogP contribution >= 0.6 is 0 Å². The van der Waals surface area contributed by atoms with Gasteiger partial charge in [-0.1, -0.05) is 78.1 Å². The molecular formula is C21H44N2. The van der Waals surface area contributed by atoms with Crippen LogP contribution in [-0.2, 0) is 0 Å². The largest absolute Gasteiger partial charge is 0.311 e. The van der Waals surface area contributed by atoms with Crippen molar-refractivity contribution in [2.75, 3.05) is 20.1 Å². The third-order valence-corrected chi connectivity index (χ3v) is 5.50. The van der Waals surface area contributed by atoms with Crippen molar-refractivity contribution < 1.29 is 0 Å². The monoisotopic (exact) mass is 324 g/mol. The van der Waals surface area contributed by atoms with Crippen molar-refractivity contribution in [2.24, 2.45) is 0 Å². The van der Waals surface area contributed by atoms with E-state index >= 15 is 0 Å². The van der Waals surface area contributed by atoms with E-state index in [0.29, 0.717) is 0 Å². The standard InChI is InChI=1S/C21H44N2/c1-4-6-8-10-12-14-20(15-13-11-9-7-5-2)22-21-16-18-23(3)19-17-21/h20-22H,4-19H2,1-3H3. The van der Waals surface area contributed by atoms with Gasteiger partial charge >= 0.3 is 0 Å². The van der Waals surface area contributed by atoms with Crippen LogP contribution in [0, 0.1) is 0 Å². The van der Waals surface area contributed by atoms with Gasteiger partial charge in [-0.3, -0.25) is 0 Å². The summed E-state index contributed by atoms with van der Waals surface area (Å²) in [6.07, 6.45) is 19.7. The van der Waals surface area contributed by atoms with Gasteiger partial charge in [0.05, 0.1) is 0 Å². The zero-order valence-electron chi connectivity index (χ0n) is 16.4. The molecule has 2 nitrogen and oxygen atoms in total. The van der Waals surface area contributed by atoms with Crippen LogP contribution in [0.3, 0.4) is 0 Å². The van der Waals surface area contributed by atoms with Gasteiger partial charge in [0.15, 0.2) is 0 Å². The predicted octanol–water partition coefficient (Wildman–Crippen LogP) is 5.76. The Bertz CT molecular complexity index is 232. The molecule has 0 aromatic carbocycles. The zero-order chi connectivity index (χ0) is 16.8. The molecule has 138 valence electrons. The summed E-state index contributed by atoms with van der Waals surface area (Å²) < 4.78 is 0. The topological polar surface area (TPSA) is 15.3 Å².